The molecule has 46 heavy (non-hydrogen) atoms. The lowest BCUT2D eigenvalue weighted by Crippen LogP contribution is -2.55. The van der Waals surface area contributed by atoms with Crippen molar-refractivity contribution in [2.75, 3.05) is 11.5 Å². The Morgan fingerprint density at radius 3 is 1.83 bits per heavy atom. The zero-order valence-corrected chi connectivity index (χ0v) is 24.7. The van der Waals surface area contributed by atoms with E-state index in [0.717, 1.165) is 16.7 Å². The summed E-state index contributed by atoms with van der Waals surface area (Å²) in [6.07, 6.45) is -6.37. The molecule has 2 saturated heterocycles. The summed E-state index contributed by atoms with van der Waals surface area (Å²) in [6, 6.07) is 25.9. The lowest BCUT2D eigenvalue weighted by Gasteiger charge is -2.48. The van der Waals surface area contributed by atoms with Gasteiger partial charge in [-0.2, -0.15) is 0 Å². The lowest BCUT2D eigenvalue weighted by atomic mass is 9.78. The highest BCUT2D eigenvalue weighted by Crippen LogP contribution is 2.46. The molecule has 2 fully saturated rings. The number of anilines is 1. The Hall–Kier alpha value is -4.03. The highest BCUT2D eigenvalue weighted by molar-refractivity contribution is 6.03. The molecule has 8 nitrogen and oxygen atoms in total. The number of carbonyl (C=O) groups is 1. The van der Waals surface area contributed by atoms with Gasteiger partial charge < -0.3 is 35.2 Å². The summed E-state index contributed by atoms with van der Waals surface area (Å²) < 4.78 is 32.7. The zero-order valence-electron chi connectivity index (χ0n) is 24.7. The minimum atomic E-state index is -1.47. The number of amides is 1. The second-order valence-corrected chi connectivity index (χ2v) is 11.9. The van der Waals surface area contributed by atoms with Crippen LogP contribution in [0.3, 0.4) is 0 Å². The summed E-state index contributed by atoms with van der Waals surface area (Å²) >= 11 is 0. The maximum Gasteiger partial charge on any atom is 0.233 e. The van der Waals surface area contributed by atoms with Crippen LogP contribution in [0.4, 0.5) is 14.5 Å². The van der Waals surface area contributed by atoms with Crippen molar-refractivity contribution in [1.82, 2.24) is 0 Å². The van der Waals surface area contributed by atoms with E-state index in [1.807, 2.05) is 36.4 Å². The van der Waals surface area contributed by atoms with Gasteiger partial charge in [0.25, 0.3) is 0 Å². The summed E-state index contributed by atoms with van der Waals surface area (Å²) in [5.41, 5.74) is 4.32. The third kappa shape index (κ3) is 6.20. The molecule has 4 aromatic rings. The van der Waals surface area contributed by atoms with Crippen LogP contribution in [0.2, 0.25) is 0 Å². The third-order valence-electron chi connectivity index (χ3n) is 9.04. The average Bonchev–Trinajstić information content (AvgIpc) is 3.07. The van der Waals surface area contributed by atoms with E-state index in [0.29, 0.717) is 29.7 Å². The Morgan fingerprint density at radius 1 is 0.717 bits per heavy atom. The first-order valence-corrected chi connectivity index (χ1v) is 15.2. The average molecular weight is 632 g/mol. The van der Waals surface area contributed by atoms with Gasteiger partial charge in [0.1, 0.15) is 42.2 Å². The molecule has 0 bridgehead atoms. The second kappa shape index (κ2) is 13.4. The number of hydrogen-bond donors (Lipinski definition) is 5. The first-order chi connectivity index (χ1) is 22.2. The number of nitrogens with zero attached hydrogens (tertiary/aromatic N) is 1. The van der Waals surface area contributed by atoms with Crippen molar-refractivity contribution in [3.05, 3.63) is 125 Å². The first-order valence-electron chi connectivity index (χ1n) is 15.2. The highest BCUT2D eigenvalue weighted by Gasteiger charge is 2.48. The fourth-order valence-electron chi connectivity index (χ4n) is 6.40. The molecular weight excluding hydrogens is 596 g/mol. The molecule has 0 radical (unpaired) electrons. The molecule has 8 atom stereocenters. The first kappa shape index (κ1) is 31.9. The van der Waals surface area contributed by atoms with Gasteiger partial charge in [-0.05, 0) is 77.1 Å². The van der Waals surface area contributed by atoms with Crippen LogP contribution in [-0.2, 0) is 9.53 Å². The van der Waals surface area contributed by atoms with E-state index in [4.69, 9.17) is 4.74 Å². The van der Waals surface area contributed by atoms with Crippen molar-refractivity contribution in [3.63, 3.8) is 0 Å². The number of carbonyl (C=O) groups excluding carboxylic acids is 1. The van der Waals surface area contributed by atoms with E-state index < -0.39 is 60.8 Å². The van der Waals surface area contributed by atoms with Gasteiger partial charge >= 0.3 is 0 Å². The molecule has 0 saturated carbocycles. The van der Waals surface area contributed by atoms with Gasteiger partial charge in [0.15, 0.2) is 0 Å². The number of β-lactam (4-membered cyclic amide) rings is 1. The standard InChI is InChI=1S/C36H35F2NO7/c37-25-11-9-22(10-12-25)29(41)18-17-28-31(39(36(28)45)27-15-13-26(38)14-16-27)23-5-1-20(2-6-23)21-3-7-24(8-4-21)35-34(44)33(43)32(42)30(19-40)46-35/h1-16,28-35,40-44H,17-19H2/t28-,29+,30-,31-,32-,33+,34-,35-/m1/s1. The normalized spacial score (nSPS) is 26.9. The van der Waals surface area contributed by atoms with Gasteiger partial charge in [-0.15, -0.1) is 0 Å². The van der Waals surface area contributed by atoms with Crippen molar-refractivity contribution in [2.45, 2.75) is 55.5 Å². The highest BCUT2D eigenvalue weighted by atomic mass is 19.1. The van der Waals surface area contributed by atoms with Crippen LogP contribution in [0.25, 0.3) is 11.1 Å². The van der Waals surface area contributed by atoms with Crippen LogP contribution in [-0.4, -0.2) is 62.5 Å². The van der Waals surface area contributed by atoms with Crippen molar-refractivity contribution in [2.24, 2.45) is 5.92 Å². The Balaban J connectivity index is 1.20. The maximum absolute atomic E-state index is 13.7. The molecule has 10 heteroatoms. The number of aliphatic hydroxyl groups excluding tert-OH is 5. The van der Waals surface area contributed by atoms with E-state index in [-0.39, 0.29) is 11.9 Å². The van der Waals surface area contributed by atoms with E-state index in [9.17, 15) is 39.1 Å². The van der Waals surface area contributed by atoms with Crippen molar-refractivity contribution < 1.29 is 43.8 Å². The monoisotopic (exact) mass is 631 g/mol. The molecule has 2 heterocycles. The van der Waals surface area contributed by atoms with E-state index >= 15 is 0 Å². The van der Waals surface area contributed by atoms with Crippen LogP contribution >= 0.6 is 0 Å². The number of halogens is 2. The minimum absolute atomic E-state index is 0.129. The quantitative estimate of drug-likeness (QED) is 0.174. The van der Waals surface area contributed by atoms with Gasteiger partial charge in [0, 0.05) is 5.69 Å². The van der Waals surface area contributed by atoms with Crippen molar-refractivity contribution >= 4 is 11.6 Å². The predicted octanol–water partition coefficient (Wildman–Crippen LogP) is 4.36. The molecular formula is C36H35F2NO7. The van der Waals surface area contributed by atoms with Gasteiger partial charge in [-0.25, -0.2) is 8.78 Å². The summed E-state index contributed by atoms with van der Waals surface area (Å²) in [6.45, 7) is -0.507. The van der Waals surface area contributed by atoms with Crippen molar-refractivity contribution in [1.29, 1.82) is 0 Å². The third-order valence-corrected chi connectivity index (χ3v) is 9.04. The summed E-state index contributed by atoms with van der Waals surface area (Å²) in [4.78, 5) is 15.0. The van der Waals surface area contributed by atoms with Gasteiger partial charge in [-0.3, -0.25) is 4.79 Å². The fraction of sp³-hybridized carbons (Fsp3) is 0.306. The number of aliphatic hydroxyl groups is 5. The van der Waals surface area contributed by atoms with E-state index in [2.05, 4.69) is 0 Å². The van der Waals surface area contributed by atoms with Crippen LogP contribution in [0.1, 0.15) is 47.8 Å². The second-order valence-electron chi connectivity index (χ2n) is 11.9. The molecule has 2 aliphatic heterocycles. The van der Waals surface area contributed by atoms with Gasteiger partial charge in [0.05, 0.1) is 24.7 Å². The smallest absolute Gasteiger partial charge is 0.233 e. The fourth-order valence-corrected chi connectivity index (χ4v) is 6.40. The molecule has 0 aromatic heterocycles. The molecule has 0 unspecified atom stereocenters. The van der Waals surface area contributed by atoms with Gasteiger partial charge in [-0.1, -0.05) is 60.7 Å². The Bertz CT molecular complexity index is 1630. The largest absolute Gasteiger partial charge is 0.394 e. The Kier molecular flexibility index (Phi) is 9.28. The summed E-state index contributed by atoms with van der Waals surface area (Å²) in [7, 11) is 0. The Morgan fingerprint density at radius 2 is 1.26 bits per heavy atom. The van der Waals surface area contributed by atoms with E-state index in [1.54, 1.807) is 29.2 Å². The lowest BCUT2D eigenvalue weighted by molar-refractivity contribution is -0.231. The summed E-state index contributed by atoms with van der Waals surface area (Å²) in [5, 5.41) is 50.9. The molecule has 4 aromatic carbocycles. The zero-order chi connectivity index (χ0) is 32.5. The molecule has 240 valence electrons. The van der Waals surface area contributed by atoms with Crippen LogP contribution in [0.5, 0.6) is 0 Å². The molecule has 5 N–H and O–H groups in total. The molecule has 0 aliphatic carbocycles. The van der Waals surface area contributed by atoms with Gasteiger partial charge in [0.2, 0.25) is 5.91 Å². The minimum Gasteiger partial charge on any atom is -0.394 e. The summed E-state index contributed by atoms with van der Waals surface area (Å²) in [5.74, 6) is -1.36. The maximum atomic E-state index is 13.7. The number of rotatable bonds is 9. The number of hydrogen-bond acceptors (Lipinski definition) is 7. The predicted molar refractivity (Wildman–Crippen MR) is 165 cm³/mol. The molecule has 6 rings (SSSR count). The van der Waals surface area contributed by atoms with Crippen molar-refractivity contribution in [3.8, 4) is 11.1 Å². The number of benzene rings is 4. The topological polar surface area (TPSA) is 131 Å². The number of ether oxygens (including phenoxy) is 1. The molecule has 1 amide bonds. The van der Waals surface area contributed by atoms with Crippen LogP contribution in [0, 0.1) is 17.6 Å². The SMILES string of the molecule is O=C1[C@H](CC[C@H](O)c2ccc(F)cc2)[C@@H](c2ccc(-c3ccc([C@H]4O[C@H](CO)[C@@H](O)[C@H](O)[C@H]4O)cc3)cc2)N1c1ccc(F)cc1. The Labute approximate surface area is 264 Å². The molecule has 2 aliphatic rings. The van der Waals surface area contributed by atoms with Crippen LogP contribution in [0.15, 0.2) is 97.1 Å². The molecule has 0 spiro atoms. The van der Waals surface area contributed by atoms with E-state index in [1.165, 1.54) is 36.4 Å². The van der Waals surface area contributed by atoms with Crippen LogP contribution < -0.4 is 4.90 Å².